The predicted molar refractivity (Wildman–Crippen MR) is 82.5 cm³/mol. The summed E-state index contributed by atoms with van der Waals surface area (Å²) < 4.78 is 1.90. The molecule has 1 amide bonds. The van der Waals surface area contributed by atoms with E-state index in [9.17, 15) is 4.79 Å². The lowest BCUT2D eigenvalue weighted by Gasteiger charge is -2.35. The first kappa shape index (κ1) is 15.3. The molecule has 0 aliphatic carbocycles. The lowest BCUT2D eigenvalue weighted by atomic mass is 9.89. The summed E-state index contributed by atoms with van der Waals surface area (Å²) in [5, 5.41) is 3.00. The molecule has 1 N–H and O–H groups in total. The van der Waals surface area contributed by atoms with Gasteiger partial charge in [0.05, 0.1) is 18.6 Å². The molecule has 0 bridgehead atoms. The van der Waals surface area contributed by atoms with E-state index in [1.54, 1.807) is 12.5 Å². The number of carbonyl (C=O) groups is 1. The smallest absolute Gasteiger partial charge is 0.245 e. The fourth-order valence-electron chi connectivity index (χ4n) is 2.25. The molecule has 5 nitrogen and oxygen atoms in total. The lowest BCUT2D eigenvalue weighted by Crippen LogP contribution is -2.51. The minimum absolute atomic E-state index is 0.0279. The first-order chi connectivity index (χ1) is 9.96. The van der Waals surface area contributed by atoms with Gasteiger partial charge in [0.2, 0.25) is 5.91 Å². The van der Waals surface area contributed by atoms with E-state index in [0.29, 0.717) is 6.54 Å². The zero-order valence-corrected chi connectivity index (χ0v) is 13.0. The highest BCUT2D eigenvalue weighted by Crippen LogP contribution is 2.26. The van der Waals surface area contributed by atoms with Crippen LogP contribution < -0.4 is 5.32 Å². The molecule has 0 aliphatic heterocycles. The number of carbonyl (C=O) groups excluding carboxylic acids is 1. The molecular weight excluding hydrogens is 264 g/mol. The van der Waals surface area contributed by atoms with Crippen molar-refractivity contribution < 1.29 is 4.79 Å². The number of imidazole rings is 1. The SMILES string of the molecule is CN(C)[C@@](C)(C(=O)NCc1cncn1C)c1ccccc1. The monoisotopic (exact) mass is 286 g/mol. The normalized spacial score (nSPS) is 14.0. The third-order valence-electron chi connectivity index (χ3n) is 4.02. The van der Waals surface area contributed by atoms with Crippen molar-refractivity contribution >= 4 is 5.91 Å². The van der Waals surface area contributed by atoms with Gasteiger partial charge in [0, 0.05) is 13.2 Å². The van der Waals surface area contributed by atoms with E-state index in [1.807, 2.05) is 67.9 Å². The number of amides is 1. The van der Waals surface area contributed by atoms with Gasteiger partial charge in [-0.3, -0.25) is 9.69 Å². The topological polar surface area (TPSA) is 50.2 Å². The molecule has 5 heteroatoms. The fourth-order valence-corrected chi connectivity index (χ4v) is 2.25. The van der Waals surface area contributed by atoms with Crippen molar-refractivity contribution in [2.75, 3.05) is 14.1 Å². The van der Waals surface area contributed by atoms with Crippen LogP contribution in [-0.4, -0.2) is 34.5 Å². The fraction of sp³-hybridized carbons (Fsp3) is 0.375. The maximum absolute atomic E-state index is 12.7. The Morgan fingerprint density at radius 3 is 2.52 bits per heavy atom. The van der Waals surface area contributed by atoms with Crippen LogP contribution in [0, 0.1) is 0 Å². The quantitative estimate of drug-likeness (QED) is 0.906. The average molecular weight is 286 g/mol. The number of nitrogens with one attached hydrogen (secondary N) is 1. The molecule has 1 heterocycles. The molecule has 1 aromatic carbocycles. The van der Waals surface area contributed by atoms with E-state index in [0.717, 1.165) is 11.3 Å². The summed E-state index contributed by atoms with van der Waals surface area (Å²) in [6, 6.07) is 9.80. The summed E-state index contributed by atoms with van der Waals surface area (Å²) in [6.45, 7) is 2.40. The van der Waals surface area contributed by atoms with E-state index >= 15 is 0 Å². The second-order valence-electron chi connectivity index (χ2n) is 5.51. The van der Waals surface area contributed by atoms with Gasteiger partial charge in [-0.05, 0) is 26.6 Å². The number of likely N-dealkylation sites (N-methyl/N-ethyl adjacent to an activating group) is 1. The molecule has 1 aromatic heterocycles. The first-order valence-corrected chi connectivity index (χ1v) is 6.92. The third-order valence-corrected chi connectivity index (χ3v) is 4.02. The molecule has 112 valence electrons. The van der Waals surface area contributed by atoms with Gasteiger partial charge in [-0.1, -0.05) is 30.3 Å². The van der Waals surface area contributed by atoms with E-state index in [-0.39, 0.29) is 5.91 Å². The zero-order chi connectivity index (χ0) is 15.5. The van der Waals surface area contributed by atoms with Crippen molar-refractivity contribution in [2.45, 2.75) is 19.0 Å². The average Bonchev–Trinajstić information content (AvgIpc) is 2.89. The standard InChI is InChI=1S/C16H22N4O/c1-16(19(2)3,13-8-6-5-7-9-13)15(21)18-11-14-10-17-12-20(14)4/h5-10,12H,11H2,1-4H3,(H,18,21)/t16-/m1/s1. The highest BCUT2D eigenvalue weighted by Gasteiger charge is 2.37. The van der Waals surface area contributed by atoms with Crippen LogP contribution in [0.1, 0.15) is 18.2 Å². The Labute approximate surface area is 125 Å². The van der Waals surface area contributed by atoms with Crippen LogP contribution in [-0.2, 0) is 23.9 Å². The number of aryl methyl sites for hydroxylation is 1. The van der Waals surface area contributed by atoms with Crippen LogP contribution in [0.3, 0.4) is 0 Å². The van der Waals surface area contributed by atoms with E-state index in [4.69, 9.17) is 0 Å². The highest BCUT2D eigenvalue weighted by molar-refractivity contribution is 5.87. The molecule has 1 atom stereocenters. The molecule has 0 radical (unpaired) electrons. The molecule has 0 unspecified atom stereocenters. The molecule has 0 saturated heterocycles. The number of rotatable bonds is 5. The molecule has 0 saturated carbocycles. The van der Waals surface area contributed by atoms with Crippen LogP contribution in [0.5, 0.6) is 0 Å². The Kier molecular flexibility index (Phi) is 4.43. The molecule has 2 aromatic rings. The Morgan fingerprint density at radius 1 is 1.33 bits per heavy atom. The van der Waals surface area contributed by atoms with E-state index in [1.165, 1.54) is 0 Å². The van der Waals surface area contributed by atoms with Gasteiger partial charge in [0.25, 0.3) is 0 Å². The zero-order valence-electron chi connectivity index (χ0n) is 13.0. The Bertz CT molecular complexity index is 606. The van der Waals surface area contributed by atoms with Crippen molar-refractivity contribution in [3.05, 3.63) is 54.1 Å². The maximum atomic E-state index is 12.7. The van der Waals surface area contributed by atoms with Crippen molar-refractivity contribution in [3.8, 4) is 0 Å². The second kappa shape index (κ2) is 6.10. The van der Waals surface area contributed by atoms with Crippen molar-refractivity contribution in [1.82, 2.24) is 19.8 Å². The number of hydrogen-bond acceptors (Lipinski definition) is 3. The molecule has 0 spiro atoms. The number of benzene rings is 1. The number of aromatic nitrogens is 2. The molecule has 2 rings (SSSR count). The van der Waals surface area contributed by atoms with Crippen LogP contribution in [0.15, 0.2) is 42.9 Å². The van der Waals surface area contributed by atoms with Crippen molar-refractivity contribution in [2.24, 2.45) is 7.05 Å². The summed E-state index contributed by atoms with van der Waals surface area (Å²) in [6.07, 6.45) is 3.49. The van der Waals surface area contributed by atoms with E-state index in [2.05, 4.69) is 10.3 Å². The van der Waals surface area contributed by atoms with Crippen molar-refractivity contribution in [3.63, 3.8) is 0 Å². The Hall–Kier alpha value is -2.14. The Balaban J connectivity index is 2.19. The lowest BCUT2D eigenvalue weighted by molar-refractivity contribution is -0.131. The van der Waals surface area contributed by atoms with Crippen LogP contribution >= 0.6 is 0 Å². The van der Waals surface area contributed by atoms with Gasteiger partial charge in [0.1, 0.15) is 5.54 Å². The minimum Gasteiger partial charge on any atom is -0.349 e. The Morgan fingerprint density at radius 2 is 2.00 bits per heavy atom. The van der Waals surface area contributed by atoms with Crippen LogP contribution in [0.25, 0.3) is 0 Å². The summed E-state index contributed by atoms with van der Waals surface area (Å²) >= 11 is 0. The van der Waals surface area contributed by atoms with E-state index < -0.39 is 5.54 Å². The molecular formula is C16H22N4O. The van der Waals surface area contributed by atoms with Gasteiger partial charge >= 0.3 is 0 Å². The summed E-state index contributed by atoms with van der Waals surface area (Å²) in [5.74, 6) is -0.0279. The third kappa shape index (κ3) is 2.97. The number of nitrogens with zero attached hydrogens (tertiary/aromatic N) is 3. The molecule has 0 aliphatic rings. The van der Waals surface area contributed by atoms with Crippen molar-refractivity contribution in [1.29, 1.82) is 0 Å². The molecule has 0 fully saturated rings. The minimum atomic E-state index is -0.708. The van der Waals surface area contributed by atoms with Crippen LogP contribution in [0.2, 0.25) is 0 Å². The van der Waals surface area contributed by atoms with Gasteiger partial charge in [-0.2, -0.15) is 0 Å². The first-order valence-electron chi connectivity index (χ1n) is 6.92. The largest absolute Gasteiger partial charge is 0.349 e. The highest BCUT2D eigenvalue weighted by atomic mass is 16.2. The second-order valence-corrected chi connectivity index (χ2v) is 5.51. The summed E-state index contributed by atoms with van der Waals surface area (Å²) in [4.78, 5) is 18.7. The summed E-state index contributed by atoms with van der Waals surface area (Å²) in [5.41, 5.74) is 1.23. The van der Waals surface area contributed by atoms with Gasteiger partial charge in [-0.15, -0.1) is 0 Å². The maximum Gasteiger partial charge on any atom is 0.245 e. The predicted octanol–water partition coefficient (Wildman–Crippen LogP) is 1.51. The van der Waals surface area contributed by atoms with Gasteiger partial charge in [-0.25, -0.2) is 4.98 Å². The van der Waals surface area contributed by atoms with Crippen LogP contribution in [0.4, 0.5) is 0 Å². The van der Waals surface area contributed by atoms with Gasteiger partial charge < -0.3 is 9.88 Å². The summed E-state index contributed by atoms with van der Waals surface area (Å²) in [7, 11) is 5.74. The molecule has 21 heavy (non-hydrogen) atoms. The van der Waals surface area contributed by atoms with Gasteiger partial charge in [0.15, 0.2) is 0 Å². The number of hydrogen-bond donors (Lipinski definition) is 1.